The summed E-state index contributed by atoms with van der Waals surface area (Å²) in [5.74, 6) is 0. The lowest BCUT2D eigenvalue weighted by atomic mass is 10.0. The van der Waals surface area contributed by atoms with Gasteiger partial charge in [0.15, 0.2) is 0 Å². The van der Waals surface area contributed by atoms with Crippen molar-refractivity contribution in [1.29, 1.82) is 0 Å². The van der Waals surface area contributed by atoms with Crippen molar-refractivity contribution in [2.45, 2.75) is 19.4 Å². The van der Waals surface area contributed by atoms with Crippen LogP contribution < -0.4 is 5.32 Å². The van der Waals surface area contributed by atoms with Crippen molar-refractivity contribution in [2.75, 3.05) is 7.05 Å². The molecule has 1 aromatic heterocycles. The molecule has 0 saturated heterocycles. The fourth-order valence-corrected chi connectivity index (χ4v) is 1.28. The van der Waals surface area contributed by atoms with Gasteiger partial charge in [-0.2, -0.15) is 0 Å². The molecule has 1 aromatic rings. The minimum atomic E-state index is 0.363. The highest BCUT2D eigenvalue weighted by molar-refractivity contribution is 5.15. The molecule has 70 valence electrons. The van der Waals surface area contributed by atoms with Crippen molar-refractivity contribution in [1.82, 2.24) is 10.3 Å². The van der Waals surface area contributed by atoms with E-state index >= 15 is 0 Å². The SMILES string of the molecule is C=C(C)C(Cc1ccncc1)NC. The fraction of sp³-hybridized carbons (Fsp3) is 0.364. The van der Waals surface area contributed by atoms with Crippen LogP contribution in [-0.2, 0) is 6.42 Å². The summed E-state index contributed by atoms with van der Waals surface area (Å²) in [6.45, 7) is 5.99. The first-order valence-corrected chi connectivity index (χ1v) is 4.45. The Balaban J connectivity index is 2.62. The zero-order chi connectivity index (χ0) is 9.68. The van der Waals surface area contributed by atoms with E-state index in [2.05, 4.69) is 16.9 Å². The van der Waals surface area contributed by atoms with Crippen molar-refractivity contribution in [2.24, 2.45) is 0 Å². The topological polar surface area (TPSA) is 24.9 Å². The zero-order valence-electron chi connectivity index (χ0n) is 8.25. The Morgan fingerprint density at radius 2 is 2.15 bits per heavy atom. The molecule has 0 radical (unpaired) electrons. The van der Waals surface area contributed by atoms with Crippen LogP contribution in [-0.4, -0.2) is 18.1 Å². The van der Waals surface area contributed by atoms with Crippen LogP contribution in [0.3, 0.4) is 0 Å². The second-order valence-corrected chi connectivity index (χ2v) is 3.25. The molecule has 0 amide bonds. The molecule has 13 heavy (non-hydrogen) atoms. The maximum absolute atomic E-state index is 3.98. The zero-order valence-corrected chi connectivity index (χ0v) is 8.25. The van der Waals surface area contributed by atoms with Crippen LogP contribution in [0.1, 0.15) is 12.5 Å². The first-order chi connectivity index (χ1) is 6.24. The summed E-state index contributed by atoms with van der Waals surface area (Å²) in [6.07, 6.45) is 4.62. The third-order valence-corrected chi connectivity index (χ3v) is 2.13. The van der Waals surface area contributed by atoms with Crippen LogP contribution in [0.2, 0.25) is 0 Å². The van der Waals surface area contributed by atoms with Crippen LogP contribution in [0.15, 0.2) is 36.7 Å². The summed E-state index contributed by atoms with van der Waals surface area (Å²) >= 11 is 0. The molecule has 2 heteroatoms. The number of nitrogens with zero attached hydrogens (tertiary/aromatic N) is 1. The van der Waals surface area contributed by atoms with Crippen LogP contribution in [0.25, 0.3) is 0 Å². The Labute approximate surface area is 79.7 Å². The molecular formula is C11H16N2. The molecule has 0 aliphatic heterocycles. The van der Waals surface area contributed by atoms with E-state index in [1.165, 1.54) is 11.1 Å². The second-order valence-electron chi connectivity index (χ2n) is 3.25. The van der Waals surface area contributed by atoms with Gasteiger partial charge in [0, 0.05) is 18.4 Å². The van der Waals surface area contributed by atoms with E-state index in [1.54, 1.807) is 0 Å². The quantitative estimate of drug-likeness (QED) is 0.707. The van der Waals surface area contributed by atoms with Gasteiger partial charge in [0.1, 0.15) is 0 Å². The lowest BCUT2D eigenvalue weighted by Gasteiger charge is -2.15. The Morgan fingerprint density at radius 3 is 2.62 bits per heavy atom. The van der Waals surface area contributed by atoms with E-state index in [4.69, 9.17) is 0 Å². The monoisotopic (exact) mass is 176 g/mol. The Morgan fingerprint density at radius 1 is 1.54 bits per heavy atom. The average molecular weight is 176 g/mol. The maximum atomic E-state index is 3.98. The minimum absolute atomic E-state index is 0.363. The molecule has 0 saturated carbocycles. The molecule has 1 rings (SSSR count). The average Bonchev–Trinajstić information content (AvgIpc) is 2.15. The van der Waals surface area contributed by atoms with Crippen molar-refractivity contribution in [3.05, 3.63) is 42.2 Å². The van der Waals surface area contributed by atoms with Gasteiger partial charge in [0.2, 0.25) is 0 Å². The summed E-state index contributed by atoms with van der Waals surface area (Å²) in [5, 5.41) is 3.23. The highest BCUT2D eigenvalue weighted by atomic mass is 14.9. The summed E-state index contributed by atoms with van der Waals surface area (Å²) in [6, 6.07) is 4.43. The minimum Gasteiger partial charge on any atom is -0.313 e. The normalized spacial score (nSPS) is 12.5. The molecular weight excluding hydrogens is 160 g/mol. The van der Waals surface area contributed by atoms with Crippen LogP contribution >= 0.6 is 0 Å². The third-order valence-electron chi connectivity index (χ3n) is 2.13. The largest absolute Gasteiger partial charge is 0.313 e. The third kappa shape index (κ3) is 2.99. The Bertz CT molecular complexity index is 267. The van der Waals surface area contributed by atoms with E-state index in [1.807, 2.05) is 38.5 Å². The van der Waals surface area contributed by atoms with Gasteiger partial charge in [-0.25, -0.2) is 0 Å². The number of hydrogen-bond acceptors (Lipinski definition) is 2. The number of likely N-dealkylation sites (N-methyl/N-ethyl adjacent to an activating group) is 1. The molecule has 1 atom stereocenters. The predicted octanol–water partition coefficient (Wildman–Crippen LogP) is 1.79. The number of aromatic nitrogens is 1. The first kappa shape index (κ1) is 9.93. The lowest BCUT2D eigenvalue weighted by molar-refractivity contribution is 0.633. The smallest absolute Gasteiger partial charge is 0.0312 e. The van der Waals surface area contributed by atoms with Gasteiger partial charge in [-0.3, -0.25) is 4.98 Å². The van der Waals surface area contributed by atoms with E-state index < -0.39 is 0 Å². The lowest BCUT2D eigenvalue weighted by Crippen LogP contribution is -2.28. The van der Waals surface area contributed by atoms with Crippen LogP contribution in [0.5, 0.6) is 0 Å². The van der Waals surface area contributed by atoms with E-state index in [0.717, 1.165) is 6.42 Å². The van der Waals surface area contributed by atoms with Crippen molar-refractivity contribution >= 4 is 0 Å². The first-order valence-electron chi connectivity index (χ1n) is 4.45. The fourth-order valence-electron chi connectivity index (χ4n) is 1.28. The van der Waals surface area contributed by atoms with E-state index in [9.17, 15) is 0 Å². The molecule has 1 N–H and O–H groups in total. The molecule has 0 aliphatic rings. The van der Waals surface area contributed by atoms with Gasteiger partial charge in [-0.1, -0.05) is 12.2 Å². The van der Waals surface area contributed by atoms with Crippen molar-refractivity contribution in [3.63, 3.8) is 0 Å². The summed E-state index contributed by atoms with van der Waals surface area (Å²) in [7, 11) is 1.96. The molecule has 0 spiro atoms. The van der Waals surface area contributed by atoms with E-state index in [0.29, 0.717) is 6.04 Å². The molecule has 0 fully saturated rings. The van der Waals surface area contributed by atoms with Gasteiger partial charge >= 0.3 is 0 Å². The predicted molar refractivity (Wildman–Crippen MR) is 55.6 cm³/mol. The van der Waals surface area contributed by atoms with E-state index in [-0.39, 0.29) is 0 Å². The highest BCUT2D eigenvalue weighted by Gasteiger charge is 2.06. The standard InChI is InChI=1S/C11H16N2/c1-9(2)11(12-3)8-10-4-6-13-7-5-10/h4-7,11-12H,1,8H2,2-3H3. The number of hydrogen-bond donors (Lipinski definition) is 1. The second kappa shape index (κ2) is 4.77. The summed E-state index contributed by atoms with van der Waals surface area (Å²) in [5.41, 5.74) is 2.46. The number of pyridine rings is 1. The Kier molecular flexibility index (Phi) is 3.65. The van der Waals surface area contributed by atoms with Gasteiger partial charge < -0.3 is 5.32 Å². The van der Waals surface area contributed by atoms with Gasteiger partial charge in [0.25, 0.3) is 0 Å². The van der Waals surface area contributed by atoms with Crippen molar-refractivity contribution < 1.29 is 0 Å². The van der Waals surface area contributed by atoms with Gasteiger partial charge in [-0.15, -0.1) is 0 Å². The highest BCUT2D eigenvalue weighted by Crippen LogP contribution is 2.06. The maximum Gasteiger partial charge on any atom is 0.0312 e. The molecule has 2 nitrogen and oxygen atoms in total. The summed E-state index contributed by atoms with van der Waals surface area (Å²) < 4.78 is 0. The van der Waals surface area contributed by atoms with Crippen molar-refractivity contribution in [3.8, 4) is 0 Å². The molecule has 0 bridgehead atoms. The molecule has 1 heterocycles. The molecule has 0 aromatic carbocycles. The van der Waals surface area contributed by atoms with Crippen LogP contribution in [0.4, 0.5) is 0 Å². The van der Waals surface area contributed by atoms with Gasteiger partial charge in [0.05, 0.1) is 0 Å². The van der Waals surface area contributed by atoms with Crippen LogP contribution in [0, 0.1) is 0 Å². The number of nitrogens with one attached hydrogen (secondary N) is 1. The molecule has 0 aliphatic carbocycles. The number of rotatable bonds is 4. The summed E-state index contributed by atoms with van der Waals surface area (Å²) in [4.78, 5) is 3.98. The molecule has 1 unspecified atom stereocenters. The Hall–Kier alpha value is -1.15. The van der Waals surface area contributed by atoms with Gasteiger partial charge in [-0.05, 0) is 38.1 Å².